The molecule has 0 radical (unpaired) electrons. The molecule has 2 aromatic carbocycles. The van der Waals surface area contributed by atoms with Crippen molar-refractivity contribution in [1.29, 1.82) is 0 Å². The van der Waals surface area contributed by atoms with Crippen molar-refractivity contribution < 1.29 is 32.6 Å². The number of para-hydroxylation sites is 1. The summed E-state index contributed by atoms with van der Waals surface area (Å²) in [7, 11) is 0. The molecule has 0 unspecified atom stereocenters. The summed E-state index contributed by atoms with van der Waals surface area (Å²) >= 11 is 0. The van der Waals surface area contributed by atoms with Gasteiger partial charge in [0.25, 0.3) is 5.91 Å². The van der Waals surface area contributed by atoms with E-state index < -0.39 is 24.7 Å². The Morgan fingerprint density at radius 1 is 1.04 bits per heavy atom. The van der Waals surface area contributed by atoms with Gasteiger partial charge in [-0.2, -0.15) is 13.2 Å². The molecule has 0 fully saturated rings. The predicted octanol–water partition coefficient (Wildman–Crippen LogP) is 3.72. The maximum absolute atomic E-state index is 12.2. The molecular weight excluding hydrogens is 339 g/mol. The largest absolute Gasteiger partial charge is 0.478 e. The quantitative estimate of drug-likeness (QED) is 0.830. The van der Waals surface area contributed by atoms with E-state index >= 15 is 0 Å². The molecule has 0 spiro atoms. The summed E-state index contributed by atoms with van der Waals surface area (Å²) < 4.78 is 40.5. The number of halogens is 3. The van der Waals surface area contributed by atoms with Gasteiger partial charge in [-0.25, -0.2) is 4.79 Å². The number of aromatic carboxylic acids is 1. The number of hydrogen-bond acceptors (Lipinski definition) is 3. The van der Waals surface area contributed by atoms with Gasteiger partial charge in [0.1, 0.15) is 6.61 Å². The van der Waals surface area contributed by atoms with Crippen molar-refractivity contribution in [2.75, 3.05) is 11.9 Å². The van der Waals surface area contributed by atoms with Crippen LogP contribution < -0.4 is 5.32 Å². The third-order valence-corrected chi connectivity index (χ3v) is 3.16. The third-order valence-electron chi connectivity index (χ3n) is 3.16. The molecule has 8 heteroatoms. The summed E-state index contributed by atoms with van der Waals surface area (Å²) in [6.07, 6.45) is -4.39. The lowest BCUT2D eigenvalue weighted by atomic mass is 10.1. The van der Waals surface area contributed by atoms with Crippen LogP contribution in [0.1, 0.15) is 26.3 Å². The Kier molecular flexibility index (Phi) is 5.76. The highest BCUT2D eigenvalue weighted by Crippen LogP contribution is 2.18. The fraction of sp³-hybridized carbons (Fsp3) is 0.176. The Morgan fingerprint density at radius 3 is 2.28 bits per heavy atom. The minimum atomic E-state index is -4.39. The average Bonchev–Trinajstić information content (AvgIpc) is 2.54. The van der Waals surface area contributed by atoms with Crippen molar-refractivity contribution in [3.05, 3.63) is 65.2 Å². The van der Waals surface area contributed by atoms with Crippen LogP contribution in [0.15, 0.2) is 48.5 Å². The smallest absolute Gasteiger partial charge is 0.411 e. The average molecular weight is 353 g/mol. The van der Waals surface area contributed by atoms with Crippen molar-refractivity contribution in [3.8, 4) is 0 Å². The minimum absolute atomic E-state index is 0.0481. The van der Waals surface area contributed by atoms with E-state index in [1.54, 1.807) is 6.07 Å². The number of hydrogen-bond donors (Lipinski definition) is 2. The highest BCUT2D eigenvalue weighted by atomic mass is 19.4. The molecule has 25 heavy (non-hydrogen) atoms. The van der Waals surface area contributed by atoms with Gasteiger partial charge in [-0.3, -0.25) is 4.79 Å². The molecule has 0 aliphatic rings. The Balaban J connectivity index is 2.00. The number of carbonyl (C=O) groups is 2. The van der Waals surface area contributed by atoms with Gasteiger partial charge < -0.3 is 15.2 Å². The van der Waals surface area contributed by atoms with E-state index in [2.05, 4.69) is 10.1 Å². The first-order valence-corrected chi connectivity index (χ1v) is 7.13. The number of alkyl halides is 3. The number of anilines is 1. The van der Waals surface area contributed by atoms with Crippen molar-refractivity contribution in [1.82, 2.24) is 0 Å². The standard InChI is InChI=1S/C17H14F3NO4/c18-17(19,20)10-25-9-11-5-7-12(8-6-11)15(22)21-14-4-2-1-3-13(14)16(23)24/h1-8H,9-10H2,(H,21,22)(H,23,24). The van der Waals surface area contributed by atoms with Crippen LogP contribution in [-0.4, -0.2) is 29.8 Å². The predicted molar refractivity (Wildman–Crippen MR) is 83.5 cm³/mol. The number of benzene rings is 2. The van der Waals surface area contributed by atoms with Crippen LogP contribution in [-0.2, 0) is 11.3 Å². The van der Waals surface area contributed by atoms with E-state index in [0.717, 1.165) is 0 Å². The molecule has 2 N–H and O–H groups in total. The highest BCUT2D eigenvalue weighted by Gasteiger charge is 2.27. The van der Waals surface area contributed by atoms with E-state index in [1.165, 1.54) is 42.5 Å². The zero-order valence-electron chi connectivity index (χ0n) is 12.8. The lowest BCUT2D eigenvalue weighted by molar-refractivity contribution is -0.176. The van der Waals surface area contributed by atoms with E-state index in [4.69, 9.17) is 5.11 Å². The van der Waals surface area contributed by atoms with E-state index in [9.17, 15) is 22.8 Å². The number of nitrogens with one attached hydrogen (secondary N) is 1. The van der Waals surface area contributed by atoms with Crippen LogP contribution >= 0.6 is 0 Å². The van der Waals surface area contributed by atoms with E-state index in [1.807, 2.05) is 0 Å². The molecule has 5 nitrogen and oxygen atoms in total. The summed E-state index contributed by atoms with van der Waals surface area (Å²) in [6.45, 7) is -1.58. The summed E-state index contributed by atoms with van der Waals surface area (Å²) in [5, 5.41) is 11.6. The molecule has 0 atom stereocenters. The third kappa shape index (κ3) is 5.61. The fourth-order valence-corrected chi connectivity index (χ4v) is 2.01. The zero-order valence-corrected chi connectivity index (χ0v) is 12.8. The molecule has 0 aliphatic heterocycles. The Hall–Kier alpha value is -2.87. The van der Waals surface area contributed by atoms with E-state index in [-0.39, 0.29) is 23.4 Å². The maximum atomic E-state index is 12.2. The molecule has 1 amide bonds. The van der Waals surface area contributed by atoms with Crippen LogP contribution in [0.2, 0.25) is 0 Å². The Bertz CT molecular complexity index is 757. The molecule has 0 aliphatic carbocycles. The van der Waals surface area contributed by atoms with Crippen LogP contribution in [0.5, 0.6) is 0 Å². The first kappa shape index (κ1) is 18.5. The summed E-state index contributed by atoms with van der Waals surface area (Å²) in [6, 6.07) is 11.7. The normalized spacial score (nSPS) is 11.2. The van der Waals surface area contributed by atoms with Gasteiger partial charge in [-0.05, 0) is 29.8 Å². The van der Waals surface area contributed by atoms with Gasteiger partial charge in [-0.1, -0.05) is 24.3 Å². The SMILES string of the molecule is O=C(Nc1ccccc1C(=O)O)c1ccc(COCC(F)(F)F)cc1. The van der Waals surface area contributed by atoms with Crippen molar-refractivity contribution in [3.63, 3.8) is 0 Å². The number of carboxylic acid groups (broad SMARTS) is 1. The van der Waals surface area contributed by atoms with Gasteiger partial charge in [0.2, 0.25) is 0 Å². The number of amides is 1. The van der Waals surface area contributed by atoms with Gasteiger partial charge in [-0.15, -0.1) is 0 Å². The van der Waals surface area contributed by atoms with Crippen molar-refractivity contribution in [2.24, 2.45) is 0 Å². The van der Waals surface area contributed by atoms with Crippen LogP contribution in [0.4, 0.5) is 18.9 Å². The summed E-state index contributed by atoms with van der Waals surface area (Å²) in [4.78, 5) is 23.3. The first-order valence-electron chi connectivity index (χ1n) is 7.13. The summed E-state index contributed by atoms with van der Waals surface area (Å²) in [5.41, 5.74) is 0.817. The molecule has 2 rings (SSSR count). The van der Waals surface area contributed by atoms with Gasteiger partial charge >= 0.3 is 12.1 Å². The number of carbonyl (C=O) groups excluding carboxylic acids is 1. The van der Waals surface area contributed by atoms with Gasteiger partial charge in [0, 0.05) is 5.56 Å². The van der Waals surface area contributed by atoms with E-state index in [0.29, 0.717) is 5.56 Å². The second-order valence-electron chi connectivity index (χ2n) is 5.11. The molecule has 0 bridgehead atoms. The summed E-state index contributed by atoms with van der Waals surface area (Å²) in [5.74, 6) is -1.70. The maximum Gasteiger partial charge on any atom is 0.411 e. The van der Waals surface area contributed by atoms with Gasteiger partial charge in [0.05, 0.1) is 17.9 Å². The second-order valence-corrected chi connectivity index (χ2v) is 5.11. The number of carboxylic acids is 1. The van der Waals surface area contributed by atoms with Crippen molar-refractivity contribution in [2.45, 2.75) is 12.8 Å². The lowest BCUT2D eigenvalue weighted by Crippen LogP contribution is -2.17. The first-order chi connectivity index (χ1) is 11.8. The van der Waals surface area contributed by atoms with Crippen LogP contribution in [0.25, 0.3) is 0 Å². The fourth-order valence-electron chi connectivity index (χ4n) is 2.01. The minimum Gasteiger partial charge on any atom is -0.478 e. The van der Waals surface area contributed by atoms with Crippen LogP contribution in [0.3, 0.4) is 0 Å². The van der Waals surface area contributed by atoms with Crippen LogP contribution in [0, 0.1) is 0 Å². The topological polar surface area (TPSA) is 75.6 Å². The number of rotatable bonds is 6. The highest BCUT2D eigenvalue weighted by molar-refractivity contribution is 6.07. The molecule has 2 aromatic rings. The molecule has 0 aromatic heterocycles. The van der Waals surface area contributed by atoms with Crippen molar-refractivity contribution >= 4 is 17.6 Å². The zero-order chi connectivity index (χ0) is 18.4. The molecule has 0 saturated carbocycles. The molecule has 132 valence electrons. The molecular formula is C17H14F3NO4. The lowest BCUT2D eigenvalue weighted by Gasteiger charge is -2.10. The Morgan fingerprint density at radius 2 is 1.68 bits per heavy atom. The van der Waals surface area contributed by atoms with Gasteiger partial charge in [0.15, 0.2) is 0 Å². The molecule has 0 saturated heterocycles. The Labute approximate surface area is 141 Å². The second kappa shape index (κ2) is 7.80. The number of ether oxygens (including phenoxy) is 1. The molecule has 0 heterocycles. The monoisotopic (exact) mass is 353 g/mol.